The number of esters is 4. The lowest BCUT2D eigenvalue weighted by Crippen LogP contribution is -2.30. The van der Waals surface area contributed by atoms with Gasteiger partial charge in [-0.3, -0.25) is 37.3 Å². The summed E-state index contributed by atoms with van der Waals surface area (Å²) in [6.07, 6.45) is 72.8. The van der Waals surface area contributed by atoms with Crippen LogP contribution in [0.5, 0.6) is 0 Å². The standard InChI is InChI=1S/C79H140O17P2/c1-5-9-13-17-21-25-29-32-35-36-39-41-45-48-52-56-60-64-77(82)90-70-75(96-79(84)66-62-58-54-50-46-42-38-34-31-27-23-19-15-11-7-3)72-94-98(87,88)92-68-73(80)67-91-97(85,86)93-71-74(95-78(83)65-61-57-53-49-43-28-24-20-16-12-8-4)69-89-76(81)63-59-55-51-47-44-40-37-33-30-26-22-18-14-10-6-2/h9,11,13,15,21,23,25,27,32,34-35,38-39,41,73-75,80H,5-8,10,12,14,16-20,22,24,26,28-31,33,36-37,40,42-72H2,1-4H3,(H,85,86)(H,87,88)/b13-9-,15-11-,25-21-,27-23-,35-32-,38-34-,41-39-. The smallest absolute Gasteiger partial charge is 0.462 e. The maximum atomic E-state index is 13.1. The molecule has 0 aromatic heterocycles. The number of carbonyl (C=O) groups excluding carboxylic acids is 4. The van der Waals surface area contributed by atoms with E-state index in [2.05, 4.69) is 113 Å². The number of phosphoric ester groups is 2. The monoisotopic (exact) mass is 1420 g/mol. The SMILES string of the molecule is CC/C=C\C/C=C\C/C=C\C/C=C\CCCCCCC(=O)OCC(COP(=O)(O)OCC(O)COP(=O)(O)OCC(COC(=O)CCCCCCCCCCCCCCCCC)OC(=O)CCCCCCCCCCCCC)OC(=O)CCCCCCC/C=C\C/C=C\C/C=C\CC. The highest BCUT2D eigenvalue weighted by atomic mass is 31.2. The van der Waals surface area contributed by atoms with E-state index < -0.39 is 97.5 Å². The Balaban J connectivity index is 5.33. The molecule has 0 aliphatic rings. The molecule has 5 atom stereocenters. The van der Waals surface area contributed by atoms with Crippen molar-refractivity contribution < 1.29 is 80.2 Å². The molecule has 0 fully saturated rings. The maximum absolute atomic E-state index is 13.1. The lowest BCUT2D eigenvalue weighted by atomic mass is 10.0. The van der Waals surface area contributed by atoms with Crippen LogP contribution < -0.4 is 0 Å². The Kier molecular flexibility index (Phi) is 68.9. The molecule has 0 aromatic carbocycles. The number of phosphoric acid groups is 2. The van der Waals surface area contributed by atoms with Crippen LogP contribution in [-0.2, 0) is 65.4 Å². The third-order valence-corrected chi connectivity index (χ3v) is 18.3. The van der Waals surface area contributed by atoms with Crippen molar-refractivity contribution in [3.8, 4) is 0 Å². The summed E-state index contributed by atoms with van der Waals surface area (Å²) in [5.74, 6) is -2.20. The molecule has 98 heavy (non-hydrogen) atoms. The molecule has 0 heterocycles. The second kappa shape index (κ2) is 71.6. The molecule has 3 N–H and O–H groups in total. The number of carbonyl (C=O) groups is 4. The van der Waals surface area contributed by atoms with Gasteiger partial charge in [0.2, 0.25) is 0 Å². The fourth-order valence-electron chi connectivity index (χ4n) is 10.5. The van der Waals surface area contributed by atoms with Crippen LogP contribution in [0.3, 0.4) is 0 Å². The lowest BCUT2D eigenvalue weighted by Gasteiger charge is -2.21. The number of hydrogen-bond donors (Lipinski definition) is 3. The summed E-state index contributed by atoms with van der Waals surface area (Å²) in [7, 11) is -9.95. The molecule has 0 saturated heterocycles. The van der Waals surface area contributed by atoms with Gasteiger partial charge in [0.05, 0.1) is 26.4 Å². The van der Waals surface area contributed by atoms with Gasteiger partial charge in [-0.05, 0) is 96.3 Å². The van der Waals surface area contributed by atoms with Crippen molar-refractivity contribution in [3.63, 3.8) is 0 Å². The van der Waals surface area contributed by atoms with E-state index in [-0.39, 0.29) is 25.7 Å². The number of rotatable bonds is 73. The highest BCUT2D eigenvalue weighted by Crippen LogP contribution is 2.45. The molecule has 0 rings (SSSR count). The Hall–Kier alpha value is -3.76. The summed E-state index contributed by atoms with van der Waals surface area (Å²) in [6, 6.07) is 0. The average molecular weight is 1420 g/mol. The van der Waals surface area contributed by atoms with Gasteiger partial charge >= 0.3 is 39.5 Å². The summed E-state index contributed by atoms with van der Waals surface area (Å²) in [4.78, 5) is 72.8. The molecule has 0 bridgehead atoms. The topological polar surface area (TPSA) is 237 Å². The molecule has 568 valence electrons. The van der Waals surface area contributed by atoms with Crippen LogP contribution in [0.1, 0.15) is 336 Å². The third-order valence-electron chi connectivity index (χ3n) is 16.4. The number of aliphatic hydroxyl groups is 1. The molecule has 0 amide bonds. The zero-order valence-electron chi connectivity index (χ0n) is 62.0. The van der Waals surface area contributed by atoms with E-state index in [0.717, 1.165) is 148 Å². The predicted octanol–water partition coefficient (Wildman–Crippen LogP) is 22.2. The molecule has 0 spiro atoms. The highest BCUT2D eigenvalue weighted by molar-refractivity contribution is 7.47. The van der Waals surface area contributed by atoms with E-state index in [4.69, 9.17) is 37.0 Å². The summed E-state index contributed by atoms with van der Waals surface area (Å²) < 4.78 is 68.5. The van der Waals surface area contributed by atoms with Crippen molar-refractivity contribution in [2.24, 2.45) is 0 Å². The fourth-order valence-corrected chi connectivity index (χ4v) is 12.1. The Labute approximate surface area is 595 Å². The maximum Gasteiger partial charge on any atom is 0.472 e. The highest BCUT2D eigenvalue weighted by Gasteiger charge is 2.30. The van der Waals surface area contributed by atoms with Crippen LogP contribution in [0.25, 0.3) is 0 Å². The minimum atomic E-state index is -4.98. The minimum Gasteiger partial charge on any atom is -0.462 e. The van der Waals surface area contributed by atoms with Gasteiger partial charge in [-0.1, -0.05) is 299 Å². The molecule has 0 aromatic rings. The van der Waals surface area contributed by atoms with Gasteiger partial charge in [-0.2, -0.15) is 0 Å². The van der Waals surface area contributed by atoms with Gasteiger partial charge in [0.25, 0.3) is 0 Å². The normalized spacial score (nSPS) is 14.4. The van der Waals surface area contributed by atoms with Crippen molar-refractivity contribution in [1.82, 2.24) is 0 Å². The Morgan fingerprint density at radius 1 is 0.296 bits per heavy atom. The number of allylic oxidation sites excluding steroid dienone is 14. The second-order valence-electron chi connectivity index (χ2n) is 25.9. The zero-order chi connectivity index (χ0) is 71.8. The van der Waals surface area contributed by atoms with E-state index in [0.29, 0.717) is 25.7 Å². The zero-order valence-corrected chi connectivity index (χ0v) is 63.7. The molecular weight excluding hydrogens is 1280 g/mol. The molecule has 0 aliphatic carbocycles. The van der Waals surface area contributed by atoms with Gasteiger partial charge < -0.3 is 33.8 Å². The number of unbranched alkanes of at least 4 members (excludes halogenated alkanes) is 33. The average Bonchev–Trinajstić information content (AvgIpc) is 0.986. The van der Waals surface area contributed by atoms with Crippen LogP contribution >= 0.6 is 15.6 Å². The van der Waals surface area contributed by atoms with E-state index in [9.17, 15) is 43.2 Å². The van der Waals surface area contributed by atoms with Crippen molar-refractivity contribution in [2.45, 2.75) is 354 Å². The first-order valence-electron chi connectivity index (χ1n) is 38.8. The first-order chi connectivity index (χ1) is 47.7. The molecule has 17 nitrogen and oxygen atoms in total. The Morgan fingerprint density at radius 2 is 0.531 bits per heavy atom. The fraction of sp³-hybridized carbons (Fsp3) is 0.772. The van der Waals surface area contributed by atoms with Crippen LogP contribution in [0, 0.1) is 0 Å². The van der Waals surface area contributed by atoms with E-state index in [1.807, 2.05) is 0 Å². The van der Waals surface area contributed by atoms with Crippen molar-refractivity contribution in [2.75, 3.05) is 39.6 Å². The minimum absolute atomic E-state index is 0.0707. The van der Waals surface area contributed by atoms with Crippen molar-refractivity contribution >= 4 is 39.5 Å². The molecule has 0 saturated carbocycles. The third kappa shape index (κ3) is 70.7. The van der Waals surface area contributed by atoms with Crippen LogP contribution in [0.2, 0.25) is 0 Å². The summed E-state index contributed by atoms with van der Waals surface area (Å²) >= 11 is 0. The van der Waals surface area contributed by atoms with Gasteiger partial charge in [-0.25, -0.2) is 9.13 Å². The number of ether oxygens (including phenoxy) is 4. The van der Waals surface area contributed by atoms with Crippen LogP contribution in [-0.4, -0.2) is 96.7 Å². The molecule has 0 radical (unpaired) electrons. The Bertz CT molecular complexity index is 2190. The quantitative estimate of drug-likeness (QED) is 0.0169. The van der Waals surface area contributed by atoms with Gasteiger partial charge in [0.1, 0.15) is 19.3 Å². The second-order valence-corrected chi connectivity index (χ2v) is 28.8. The van der Waals surface area contributed by atoms with E-state index in [1.54, 1.807) is 0 Å². The van der Waals surface area contributed by atoms with Gasteiger partial charge in [0, 0.05) is 25.7 Å². The van der Waals surface area contributed by atoms with E-state index >= 15 is 0 Å². The lowest BCUT2D eigenvalue weighted by molar-refractivity contribution is -0.161. The van der Waals surface area contributed by atoms with Gasteiger partial charge in [-0.15, -0.1) is 0 Å². The first kappa shape index (κ1) is 94.2. The van der Waals surface area contributed by atoms with Crippen LogP contribution in [0.15, 0.2) is 85.1 Å². The molecular formula is C79H140O17P2. The van der Waals surface area contributed by atoms with Crippen LogP contribution in [0.4, 0.5) is 0 Å². The number of hydrogen-bond acceptors (Lipinski definition) is 15. The van der Waals surface area contributed by atoms with E-state index in [1.165, 1.54) is 109 Å². The summed E-state index contributed by atoms with van der Waals surface area (Å²) in [5, 5.41) is 10.6. The summed E-state index contributed by atoms with van der Waals surface area (Å²) in [5.41, 5.74) is 0. The first-order valence-corrected chi connectivity index (χ1v) is 41.8. The molecule has 19 heteroatoms. The van der Waals surface area contributed by atoms with Crippen molar-refractivity contribution in [1.29, 1.82) is 0 Å². The largest absolute Gasteiger partial charge is 0.472 e. The molecule has 5 unspecified atom stereocenters. The molecule has 0 aliphatic heterocycles. The van der Waals surface area contributed by atoms with Crippen molar-refractivity contribution in [3.05, 3.63) is 85.1 Å². The number of aliphatic hydroxyl groups excluding tert-OH is 1. The predicted molar refractivity (Wildman–Crippen MR) is 399 cm³/mol. The van der Waals surface area contributed by atoms with Gasteiger partial charge in [0.15, 0.2) is 12.2 Å². The Morgan fingerprint density at radius 3 is 0.816 bits per heavy atom. The summed E-state index contributed by atoms with van der Waals surface area (Å²) in [6.45, 7) is 4.64.